The molecule has 106 valence electrons. The number of hydrazine groups is 1. The summed E-state index contributed by atoms with van der Waals surface area (Å²) in [7, 11) is 0. The van der Waals surface area contributed by atoms with E-state index in [0.29, 0.717) is 0 Å². The van der Waals surface area contributed by atoms with Gasteiger partial charge >= 0.3 is 6.18 Å². The number of hydrogen-bond acceptors (Lipinski definition) is 4. The molecular formula is C12H17F3N4. The summed E-state index contributed by atoms with van der Waals surface area (Å²) in [5.41, 5.74) is 1.41. The highest BCUT2D eigenvalue weighted by Gasteiger charge is 2.31. The van der Waals surface area contributed by atoms with Crippen LogP contribution >= 0.6 is 0 Å². The molecule has 0 amide bonds. The van der Waals surface area contributed by atoms with Crippen LogP contribution in [0.2, 0.25) is 0 Å². The van der Waals surface area contributed by atoms with E-state index in [-0.39, 0.29) is 17.7 Å². The van der Waals surface area contributed by atoms with Gasteiger partial charge in [0.15, 0.2) is 0 Å². The van der Waals surface area contributed by atoms with Gasteiger partial charge in [0, 0.05) is 6.04 Å². The lowest BCUT2D eigenvalue weighted by Gasteiger charge is -2.24. The van der Waals surface area contributed by atoms with E-state index in [4.69, 9.17) is 5.84 Å². The van der Waals surface area contributed by atoms with Gasteiger partial charge < -0.3 is 10.7 Å². The molecule has 4 N–H and O–H groups in total. The van der Waals surface area contributed by atoms with Crippen LogP contribution in [0.1, 0.15) is 37.7 Å². The number of alkyl halides is 3. The number of pyridine rings is 1. The zero-order valence-corrected chi connectivity index (χ0v) is 10.4. The number of hydrogen-bond donors (Lipinski definition) is 3. The number of rotatable bonds is 3. The largest absolute Gasteiger partial charge is 0.416 e. The topological polar surface area (TPSA) is 63.0 Å². The predicted molar refractivity (Wildman–Crippen MR) is 67.5 cm³/mol. The summed E-state index contributed by atoms with van der Waals surface area (Å²) in [6, 6.07) is 2.11. The van der Waals surface area contributed by atoms with E-state index in [1.807, 2.05) is 0 Å². The summed E-state index contributed by atoms with van der Waals surface area (Å²) in [6.45, 7) is 0. The average molecular weight is 274 g/mol. The Bertz CT molecular complexity index is 427. The van der Waals surface area contributed by atoms with Gasteiger partial charge in [-0.15, -0.1) is 0 Å². The van der Waals surface area contributed by atoms with E-state index in [1.165, 1.54) is 6.42 Å². The molecule has 4 nitrogen and oxygen atoms in total. The quantitative estimate of drug-likeness (QED) is 0.585. The molecule has 1 aromatic heterocycles. The second kappa shape index (κ2) is 5.64. The molecule has 0 aliphatic heterocycles. The van der Waals surface area contributed by atoms with Crippen LogP contribution < -0.4 is 16.6 Å². The summed E-state index contributed by atoms with van der Waals surface area (Å²) in [5, 5.41) is 3.06. The molecule has 1 aliphatic carbocycles. The maximum atomic E-state index is 12.7. The molecule has 2 rings (SSSR count). The predicted octanol–water partition coefficient (Wildman–Crippen LogP) is 3.13. The number of nitrogens with one attached hydrogen (secondary N) is 2. The molecule has 0 atom stereocenters. The van der Waals surface area contributed by atoms with Crippen LogP contribution in [0.15, 0.2) is 12.1 Å². The van der Waals surface area contributed by atoms with Gasteiger partial charge in [-0.2, -0.15) is 13.2 Å². The third kappa shape index (κ3) is 3.73. The molecule has 1 heterocycles. The number of nitrogens with two attached hydrogens (primary N) is 1. The maximum absolute atomic E-state index is 12.7. The van der Waals surface area contributed by atoms with Gasteiger partial charge in [0.05, 0.1) is 5.56 Å². The summed E-state index contributed by atoms with van der Waals surface area (Å²) < 4.78 is 38.2. The Kier molecular flexibility index (Phi) is 4.14. The van der Waals surface area contributed by atoms with Gasteiger partial charge in [0.2, 0.25) is 0 Å². The van der Waals surface area contributed by atoms with Gasteiger partial charge in [-0.05, 0) is 25.0 Å². The van der Waals surface area contributed by atoms with Crippen LogP contribution in [0, 0.1) is 0 Å². The van der Waals surface area contributed by atoms with Crippen molar-refractivity contribution < 1.29 is 13.2 Å². The molecule has 1 aliphatic rings. The third-order valence-corrected chi connectivity index (χ3v) is 3.26. The molecule has 0 bridgehead atoms. The molecule has 0 aromatic carbocycles. The van der Waals surface area contributed by atoms with E-state index in [0.717, 1.165) is 37.8 Å². The van der Waals surface area contributed by atoms with Gasteiger partial charge in [0.25, 0.3) is 0 Å². The third-order valence-electron chi connectivity index (χ3n) is 3.26. The van der Waals surface area contributed by atoms with Crippen LogP contribution in [0.4, 0.5) is 24.8 Å². The number of nitrogens with zero attached hydrogens (tertiary/aromatic N) is 1. The molecule has 1 aromatic rings. The minimum atomic E-state index is -4.41. The van der Waals surface area contributed by atoms with E-state index in [1.54, 1.807) is 0 Å². The van der Waals surface area contributed by atoms with Crippen molar-refractivity contribution in [3.05, 3.63) is 17.7 Å². The summed E-state index contributed by atoms with van der Waals surface area (Å²) in [4.78, 5) is 4.01. The standard InChI is InChI=1S/C12H17F3N4/c13-12(14,15)8-6-10(18-11(7-8)19-16)17-9-4-2-1-3-5-9/h6-7,9H,1-5,16H2,(H2,17,18,19). The van der Waals surface area contributed by atoms with Gasteiger partial charge in [0.1, 0.15) is 11.6 Å². The smallest absolute Gasteiger partial charge is 0.367 e. The maximum Gasteiger partial charge on any atom is 0.416 e. The Hall–Kier alpha value is -1.50. The van der Waals surface area contributed by atoms with E-state index in [2.05, 4.69) is 15.7 Å². The lowest BCUT2D eigenvalue weighted by molar-refractivity contribution is -0.137. The molecule has 7 heteroatoms. The minimum Gasteiger partial charge on any atom is -0.367 e. The Morgan fingerprint density at radius 2 is 1.74 bits per heavy atom. The fraction of sp³-hybridized carbons (Fsp3) is 0.583. The van der Waals surface area contributed by atoms with Crippen LogP contribution in [0.3, 0.4) is 0 Å². The number of aromatic nitrogens is 1. The second-order valence-electron chi connectivity index (χ2n) is 4.75. The van der Waals surface area contributed by atoms with Crippen molar-refractivity contribution in [2.75, 3.05) is 10.7 Å². The fourth-order valence-electron chi connectivity index (χ4n) is 2.30. The lowest BCUT2D eigenvalue weighted by Crippen LogP contribution is -2.23. The SMILES string of the molecule is NNc1cc(C(F)(F)F)cc(NC2CCCCC2)n1. The zero-order chi connectivity index (χ0) is 13.9. The molecule has 19 heavy (non-hydrogen) atoms. The van der Waals surface area contributed by atoms with Crippen molar-refractivity contribution in [3.63, 3.8) is 0 Å². The van der Waals surface area contributed by atoms with Crippen LogP contribution in [-0.4, -0.2) is 11.0 Å². The van der Waals surface area contributed by atoms with Crippen LogP contribution in [-0.2, 0) is 6.18 Å². The van der Waals surface area contributed by atoms with Crippen molar-refractivity contribution in [1.29, 1.82) is 0 Å². The lowest BCUT2D eigenvalue weighted by atomic mass is 9.95. The van der Waals surface area contributed by atoms with Crippen LogP contribution in [0.5, 0.6) is 0 Å². The van der Waals surface area contributed by atoms with Crippen molar-refractivity contribution in [1.82, 2.24) is 4.98 Å². The molecule has 0 radical (unpaired) electrons. The zero-order valence-electron chi connectivity index (χ0n) is 10.4. The minimum absolute atomic E-state index is 0.00753. The molecule has 0 unspecified atom stereocenters. The fourth-order valence-corrected chi connectivity index (χ4v) is 2.30. The summed E-state index contributed by atoms with van der Waals surface area (Å²) in [5.74, 6) is 5.38. The summed E-state index contributed by atoms with van der Waals surface area (Å²) in [6.07, 6.45) is 0.894. The molecular weight excluding hydrogens is 257 g/mol. The Morgan fingerprint density at radius 3 is 2.32 bits per heavy atom. The van der Waals surface area contributed by atoms with E-state index >= 15 is 0 Å². The Morgan fingerprint density at radius 1 is 1.11 bits per heavy atom. The van der Waals surface area contributed by atoms with Crippen molar-refractivity contribution >= 4 is 11.6 Å². The first-order valence-corrected chi connectivity index (χ1v) is 6.31. The first-order valence-electron chi connectivity index (χ1n) is 6.31. The average Bonchev–Trinajstić information content (AvgIpc) is 2.38. The number of halogens is 3. The number of nitrogen functional groups attached to an aromatic ring is 1. The van der Waals surface area contributed by atoms with Gasteiger partial charge in [-0.25, -0.2) is 10.8 Å². The monoisotopic (exact) mass is 274 g/mol. The molecule has 1 fully saturated rings. The van der Waals surface area contributed by atoms with Gasteiger partial charge in [-0.1, -0.05) is 19.3 Å². The molecule has 0 saturated heterocycles. The van der Waals surface area contributed by atoms with Crippen molar-refractivity contribution in [2.24, 2.45) is 5.84 Å². The van der Waals surface area contributed by atoms with E-state index < -0.39 is 11.7 Å². The van der Waals surface area contributed by atoms with Crippen molar-refractivity contribution in [3.8, 4) is 0 Å². The Balaban J connectivity index is 2.19. The first-order chi connectivity index (χ1) is 8.99. The number of anilines is 2. The van der Waals surface area contributed by atoms with Crippen molar-refractivity contribution in [2.45, 2.75) is 44.3 Å². The van der Waals surface area contributed by atoms with E-state index in [9.17, 15) is 13.2 Å². The van der Waals surface area contributed by atoms with Crippen LogP contribution in [0.25, 0.3) is 0 Å². The summed E-state index contributed by atoms with van der Waals surface area (Å²) >= 11 is 0. The highest BCUT2D eigenvalue weighted by atomic mass is 19.4. The Labute approximate surface area is 109 Å². The highest BCUT2D eigenvalue weighted by Crippen LogP contribution is 2.32. The first kappa shape index (κ1) is 13.9. The molecule has 1 saturated carbocycles. The highest BCUT2D eigenvalue weighted by molar-refractivity contribution is 5.49. The normalized spacial score (nSPS) is 17.3. The second-order valence-corrected chi connectivity index (χ2v) is 4.75. The van der Waals surface area contributed by atoms with Gasteiger partial charge in [-0.3, -0.25) is 0 Å². The molecule has 0 spiro atoms.